The first-order valence-electron chi connectivity index (χ1n) is 6.94. The third-order valence-corrected chi connectivity index (χ3v) is 2.63. The maximum Gasteiger partial charge on any atom is 0.303 e. The molecular formula is C15H21NO5. The zero-order valence-corrected chi connectivity index (χ0v) is 12.1. The molecule has 0 radical (unpaired) electrons. The van der Waals surface area contributed by atoms with Crippen LogP contribution in [0.3, 0.4) is 0 Å². The minimum Gasteiger partial charge on any atom is -0.491 e. The van der Waals surface area contributed by atoms with Gasteiger partial charge in [-0.25, -0.2) is 0 Å². The Morgan fingerprint density at radius 1 is 1.14 bits per heavy atom. The van der Waals surface area contributed by atoms with Crippen molar-refractivity contribution in [3.63, 3.8) is 0 Å². The van der Waals surface area contributed by atoms with Crippen molar-refractivity contribution in [2.75, 3.05) is 25.1 Å². The number of carboxylic acids is 1. The fraction of sp³-hybridized carbons (Fsp3) is 0.467. The van der Waals surface area contributed by atoms with Gasteiger partial charge in [-0.15, -0.1) is 0 Å². The van der Waals surface area contributed by atoms with Crippen LogP contribution in [0.5, 0.6) is 5.75 Å². The lowest BCUT2D eigenvalue weighted by Crippen LogP contribution is -2.12. The summed E-state index contributed by atoms with van der Waals surface area (Å²) in [4.78, 5) is 21.9. The van der Waals surface area contributed by atoms with E-state index in [4.69, 9.17) is 14.6 Å². The van der Waals surface area contributed by atoms with Crippen molar-refractivity contribution in [1.82, 2.24) is 0 Å². The lowest BCUT2D eigenvalue weighted by molar-refractivity contribution is -0.137. The van der Waals surface area contributed by atoms with Crippen LogP contribution < -0.4 is 10.1 Å². The van der Waals surface area contributed by atoms with Gasteiger partial charge in [0.05, 0.1) is 6.61 Å². The molecule has 0 unspecified atom stereocenters. The zero-order valence-electron chi connectivity index (χ0n) is 12.1. The van der Waals surface area contributed by atoms with Gasteiger partial charge in [-0.3, -0.25) is 9.59 Å². The number of hydrogen-bond acceptors (Lipinski definition) is 4. The van der Waals surface area contributed by atoms with Crippen LogP contribution in [-0.2, 0) is 14.3 Å². The second-order valence-corrected chi connectivity index (χ2v) is 4.37. The van der Waals surface area contributed by atoms with Crippen LogP contribution in [-0.4, -0.2) is 36.8 Å². The molecule has 1 aromatic carbocycles. The van der Waals surface area contributed by atoms with E-state index >= 15 is 0 Å². The summed E-state index contributed by atoms with van der Waals surface area (Å²) in [5, 5.41) is 11.2. The van der Waals surface area contributed by atoms with Gasteiger partial charge in [0.25, 0.3) is 0 Å². The standard InChI is InChI=1S/C15H21NO5/c1-2-20-10-11-21-13-8-6-12(7-9-13)16-14(17)4-3-5-15(18)19/h6-9H,2-5,10-11H2,1H3,(H,16,17)(H,18,19). The number of amides is 1. The van der Waals surface area contributed by atoms with Crippen molar-refractivity contribution in [2.24, 2.45) is 0 Å². The second-order valence-electron chi connectivity index (χ2n) is 4.37. The summed E-state index contributed by atoms with van der Waals surface area (Å²) >= 11 is 0. The van der Waals surface area contributed by atoms with Gasteiger partial charge in [0.1, 0.15) is 12.4 Å². The summed E-state index contributed by atoms with van der Waals surface area (Å²) < 4.78 is 10.6. The van der Waals surface area contributed by atoms with Crippen molar-refractivity contribution in [3.8, 4) is 5.75 Å². The first-order chi connectivity index (χ1) is 10.1. The molecule has 1 amide bonds. The van der Waals surface area contributed by atoms with E-state index in [0.717, 1.165) is 0 Å². The molecule has 0 heterocycles. The van der Waals surface area contributed by atoms with Crippen molar-refractivity contribution in [3.05, 3.63) is 24.3 Å². The highest BCUT2D eigenvalue weighted by atomic mass is 16.5. The van der Waals surface area contributed by atoms with Crippen LogP contribution in [0.25, 0.3) is 0 Å². The number of rotatable bonds is 10. The SMILES string of the molecule is CCOCCOc1ccc(NC(=O)CCCC(=O)O)cc1. The quantitative estimate of drug-likeness (QED) is 0.647. The molecule has 0 spiro atoms. The minimum atomic E-state index is -0.892. The molecule has 0 bridgehead atoms. The van der Waals surface area contributed by atoms with Crippen LogP contribution in [0.2, 0.25) is 0 Å². The van der Waals surface area contributed by atoms with Crippen LogP contribution in [0.1, 0.15) is 26.2 Å². The molecule has 0 aliphatic rings. The largest absolute Gasteiger partial charge is 0.491 e. The Morgan fingerprint density at radius 3 is 2.48 bits per heavy atom. The molecule has 1 aromatic rings. The minimum absolute atomic E-state index is 0.0000286. The molecule has 0 aromatic heterocycles. The number of carbonyl (C=O) groups excluding carboxylic acids is 1. The summed E-state index contributed by atoms with van der Waals surface area (Å²) in [5.74, 6) is -0.379. The molecule has 116 valence electrons. The summed E-state index contributed by atoms with van der Waals surface area (Å²) in [6, 6.07) is 7.01. The number of ether oxygens (including phenoxy) is 2. The van der Waals surface area contributed by atoms with Gasteiger partial charge in [-0.05, 0) is 37.6 Å². The first-order valence-corrected chi connectivity index (χ1v) is 6.94. The van der Waals surface area contributed by atoms with Crippen LogP contribution in [0.15, 0.2) is 24.3 Å². The molecule has 2 N–H and O–H groups in total. The summed E-state index contributed by atoms with van der Waals surface area (Å²) in [7, 11) is 0. The molecule has 0 atom stereocenters. The Labute approximate surface area is 124 Å². The maximum atomic E-state index is 11.6. The zero-order chi connectivity index (χ0) is 15.5. The average molecular weight is 295 g/mol. The van der Waals surface area contributed by atoms with E-state index in [1.54, 1.807) is 24.3 Å². The number of anilines is 1. The van der Waals surface area contributed by atoms with Crippen LogP contribution >= 0.6 is 0 Å². The number of nitrogens with one attached hydrogen (secondary N) is 1. The summed E-state index contributed by atoms with van der Waals surface area (Å²) in [5.41, 5.74) is 0.660. The van der Waals surface area contributed by atoms with Crippen molar-refractivity contribution in [1.29, 1.82) is 0 Å². The van der Waals surface area contributed by atoms with E-state index in [-0.39, 0.29) is 18.7 Å². The predicted octanol–water partition coefficient (Wildman–Crippen LogP) is 2.30. The third kappa shape index (κ3) is 7.94. The first kappa shape index (κ1) is 17.0. The Kier molecular flexibility index (Phi) is 7.89. The highest BCUT2D eigenvalue weighted by Gasteiger charge is 2.04. The molecule has 1 rings (SSSR count). The number of hydrogen-bond donors (Lipinski definition) is 2. The number of aliphatic carboxylic acids is 1. The Bertz CT molecular complexity index is 444. The molecule has 21 heavy (non-hydrogen) atoms. The van der Waals surface area contributed by atoms with Gasteiger partial charge in [-0.2, -0.15) is 0 Å². The predicted molar refractivity (Wildman–Crippen MR) is 78.5 cm³/mol. The molecule has 6 heteroatoms. The lowest BCUT2D eigenvalue weighted by atomic mass is 10.2. The number of carbonyl (C=O) groups is 2. The fourth-order valence-electron chi connectivity index (χ4n) is 1.62. The monoisotopic (exact) mass is 295 g/mol. The second kappa shape index (κ2) is 9.77. The molecule has 0 saturated carbocycles. The highest BCUT2D eigenvalue weighted by Crippen LogP contribution is 2.16. The summed E-state index contributed by atoms with van der Waals surface area (Å²) in [6.45, 7) is 3.61. The normalized spacial score (nSPS) is 10.1. The molecule has 0 aliphatic heterocycles. The Balaban J connectivity index is 2.29. The van der Waals surface area contributed by atoms with E-state index < -0.39 is 5.97 Å². The van der Waals surface area contributed by atoms with Crippen molar-refractivity contribution >= 4 is 17.6 Å². The van der Waals surface area contributed by atoms with Gasteiger partial charge in [0, 0.05) is 25.1 Å². The van der Waals surface area contributed by atoms with E-state index in [2.05, 4.69) is 5.32 Å². The molecule has 6 nitrogen and oxygen atoms in total. The number of carboxylic acid groups (broad SMARTS) is 1. The van der Waals surface area contributed by atoms with E-state index in [1.165, 1.54) is 0 Å². The molecule has 0 saturated heterocycles. The van der Waals surface area contributed by atoms with Crippen molar-refractivity contribution in [2.45, 2.75) is 26.2 Å². The summed E-state index contributed by atoms with van der Waals surface area (Å²) in [6.07, 6.45) is 0.527. The van der Waals surface area contributed by atoms with E-state index in [9.17, 15) is 9.59 Å². The number of benzene rings is 1. The van der Waals surface area contributed by atoms with Crippen LogP contribution in [0, 0.1) is 0 Å². The van der Waals surface area contributed by atoms with Gasteiger partial charge >= 0.3 is 5.97 Å². The van der Waals surface area contributed by atoms with Gasteiger partial charge < -0.3 is 19.9 Å². The Morgan fingerprint density at radius 2 is 1.86 bits per heavy atom. The lowest BCUT2D eigenvalue weighted by Gasteiger charge is -2.08. The Hall–Kier alpha value is -2.08. The highest BCUT2D eigenvalue weighted by molar-refractivity contribution is 5.90. The van der Waals surface area contributed by atoms with Crippen LogP contribution in [0.4, 0.5) is 5.69 Å². The molecular weight excluding hydrogens is 274 g/mol. The van der Waals surface area contributed by atoms with Gasteiger partial charge in [0.2, 0.25) is 5.91 Å². The molecule has 0 aliphatic carbocycles. The topological polar surface area (TPSA) is 84.9 Å². The van der Waals surface area contributed by atoms with Gasteiger partial charge in [-0.1, -0.05) is 0 Å². The third-order valence-electron chi connectivity index (χ3n) is 2.63. The maximum absolute atomic E-state index is 11.6. The average Bonchev–Trinajstić information content (AvgIpc) is 2.45. The smallest absolute Gasteiger partial charge is 0.303 e. The van der Waals surface area contributed by atoms with Gasteiger partial charge in [0.15, 0.2) is 0 Å². The fourth-order valence-corrected chi connectivity index (χ4v) is 1.62. The van der Waals surface area contributed by atoms with E-state index in [0.29, 0.717) is 37.7 Å². The van der Waals surface area contributed by atoms with E-state index in [1.807, 2.05) is 6.92 Å². The van der Waals surface area contributed by atoms with Crippen molar-refractivity contribution < 1.29 is 24.2 Å². The molecule has 0 fully saturated rings.